The molecule has 37 heavy (non-hydrogen) atoms. The Morgan fingerprint density at radius 2 is 1.51 bits per heavy atom. The molecule has 1 aliphatic heterocycles. The number of halogens is 2. The third-order valence-electron chi connectivity index (χ3n) is 6.02. The molecule has 190 valence electrons. The minimum atomic E-state index is -0.318. The number of tetrazole rings is 1. The zero-order valence-electron chi connectivity index (χ0n) is 20.1. The van der Waals surface area contributed by atoms with Crippen LogP contribution in [-0.2, 0) is 6.54 Å². The number of carbonyl (C=O) groups is 1. The van der Waals surface area contributed by atoms with E-state index in [-0.39, 0.29) is 18.1 Å². The number of thioether (sulfide) groups is 1. The molecule has 0 spiro atoms. The van der Waals surface area contributed by atoms with Gasteiger partial charge in [0.2, 0.25) is 5.16 Å². The molecule has 0 bridgehead atoms. The molecule has 0 aliphatic carbocycles. The second kappa shape index (κ2) is 11.6. The molecule has 0 unspecified atom stereocenters. The Morgan fingerprint density at radius 3 is 2.11 bits per heavy atom. The van der Waals surface area contributed by atoms with Gasteiger partial charge in [0.1, 0.15) is 0 Å². The second-order valence-electron chi connectivity index (χ2n) is 8.54. The highest BCUT2D eigenvalue weighted by Crippen LogP contribution is 2.32. The lowest BCUT2D eigenvalue weighted by molar-refractivity contribution is 0.0743. The molecular weight excluding hydrogens is 531 g/mol. The van der Waals surface area contributed by atoms with Crippen LogP contribution in [0, 0.1) is 0 Å². The molecule has 3 heterocycles. The number of nitrogens with one attached hydrogen (secondary N) is 1. The quantitative estimate of drug-likeness (QED) is 0.318. The number of hydrazine groups is 1. The van der Waals surface area contributed by atoms with Crippen LogP contribution in [0.4, 0.5) is 0 Å². The Balaban J connectivity index is 1.66. The van der Waals surface area contributed by atoms with Crippen molar-refractivity contribution in [2.24, 2.45) is 0 Å². The molecule has 0 atom stereocenters. The van der Waals surface area contributed by atoms with Crippen molar-refractivity contribution in [1.29, 1.82) is 0 Å². The lowest BCUT2D eigenvalue weighted by Crippen LogP contribution is -2.45. The van der Waals surface area contributed by atoms with Gasteiger partial charge in [0.25, 0.3) is 5.91 Å². The summed E-state index contributed by atoms with van der Waals surface area (Å²) in [6.45, 7) is 1.77. The summed E-state index contributed by atoms with van der Waals surface area (Å²) in [5, 5.41) is 15.7. The van der Waals surface area contributed by atoms with Crippen LogP contribution in [0.2, 0.25) is 10.0 Å². The first-order valence-corrected chi connectivity index (χ1v) is 13.8. The highest BCUT2D eigenvalue weighted by atomic mass is 35.5. The van der Waals surface area contributed by atoms with Gasteiger partial charge in [-0.3, -0.25) is 10.2 Å². The lowest BCUT2D eigenvalue weighted by Gasteiger charge is -2.27. The number of hydrogen-bond acceptors (Lipinski definition) is 8. The van der Waals surface area contributed by atoms with Gasteiger partial charge in [0.15, 0.2) is 5.69 Å². The van der Waals surface area contributed by atoms with E-state index >= 15 is 0 Å². The number of benzene rings is 2. The van der Waals surface area contributed by atoms with Crippen molar-refractivity contribution in [3.63, 3.8) is 0 Å². The van der Waals surface area contributed by atoms with Crippen molar-refractivity contribution in [2.75, 3.05) is 19.3 Å². The van der Waals surface area contributed by atoms with E-state index in [0.29, 0.717) is 32.3 Å². The van der Waals surface area contributed by atoms with Crippen LogP contribution in [0.15, 0.2) is 53.7 Å². The SMILES string of the molecule is CSc1nnnn1Cc1nc(-c2ccc(Cl)cc2)c(-c2ccc(Cl)cc2)nc1C(=O)NN1CCCCC1. The van der Waals surface area contributed by atoms with Crippen molar-refractivity contribution < 1.29 is 4.79 Å². The Bertz CT molecular complexity index is 1390. The zero-order valence-corrected chi connectivity index (χ0v) is 22.4. The average Bonchev–Trinajstić information content (AvgIpc) is 3.37. The molecule has 1 aliphatic rings. The molecule has 2 aromatic heterocycles. The third kappa shape index (κ3) is 5.93. The van der Waals surface area contributed by atoms with E-state index in [4.69, 9.17) is 33.2 Å². The smallest absolute Gasteiger partial charge is 0.283 e. The van der Waals surface area contributed by atoms with E-state index in [1.54, 1.807) is 28.9 Å². The molecular formula is C25H24Cl2N8OS. The Kier molecular flexibility index (Phi) is 7.99. The molecule has 1 saturated heterocycles. The summed E-state index contributed by atoms with van der Waals surface area (Å²) in [5.41, 5.74) is 6.48. The van der Waals surface area contributed by atoms with Gasteiger partial charge in [-0.25, -0.2) is 19.7 Å². The standard InChI is InChI=1S/C25H24Cl2N8OS/c1-37-25-30-32-33-35(25)15-20-23(24(36)31-34-13-3-2-4-14-34)29-22(17-7-11-19(27)12-8-17)21(28-20)16-5-9-18(26)10-6-16/h5-12H,2-4,13-15H2,1H3,(H,31,36). The molecule has 2 aromatic carbocycles. The Morgan fingerprint density at radius 1 is 0.919 bits per heavy atom. The predicted octanol–water partition coefficient (Wildman–Crippen LogP) is 5.00. The van der Waals surface area contributed by atoms with Crippen LogP contribution < -0.4 is 5.43 Å². The van der Waals surface area contributed by atoms with E-state index in [1.165, 1.54) is 11.8 Å². The summed E-state index contributed by atoms with van der Waals surface area (Å²) >= 11 is 13.7. The molecule has 4 aromatic rings. The fraction of sp³-hybridized carbons (Fsp3) is 0.280. The molecule has 0 saturated carbocycles. The maximum Gasteiger partial charge on any atom is 0.286 e. The predicted molar refractivity (Wildman–Crippen MR) is 145 cm³/mol. The third-order valence-corrected chi connectivity index (χ3v) is 7.18. The second-order valence-corrected chi connectivity index (χ2v) is 10.2. The average molecular weight is 555 g/mol. The molecule has 5 rings (SSSR count). The van der Waals surface area contributed by atoms with E-state index < -0.39 is 0 Å². The fourth-order valence-electron chi connectivity index (χ4n) is 4.17. The molecule has 0 radical (unpaired) electrons. The number of rotatable bonds is 7. The first-order chi connectivity index (χ1) is 18.0. The summed E-state index contributed by atoms with van der Waals surface area (Å²) in [6.07, 6.45) is 5.11. The fourth-order valence-corrected chi connectivity index (χ4v) is 4.85. The number of amides is 1. The van der Waals surface area contributed by atoms with E-state index in [0.717, 1.165) is 43.5 Å². The summed E-state index contributed by atoms with van der Waals surface area (Å²) in [7, 11) is 0. The van der Waals surface area contributed by atoms with Crippen molar-refractivity contribution in [2.45, 2.75) is 31.0 Å². The Labute approximate surface area is 228 Å². The van der Waals surface area contributed by atoms with Crippen LogP contribution in [0.5, 0.6) is 0 Å². The number of aromatic nitrogens is 6. The molecule has 1 fully saturated rings. The van der Waals surface area contributed by atoms with Crippen molar-refractivity contribution >= 4 is 40.9 Å². The van der Waals surface area contributed by atoms with Crippen LogP contribution in [0.1, 0.15) is 35.4 Å². The van der Waals surface area contributed by atoms with Crippen LogP contribution >= 0.6 is 35.0 Å². The molecule has 12 heteroatoms. The number of nitrogens with zero attached hydrogens (tertiary/aromatic N) is 7. The summed E-state index contributed by atoms with van der Waals surface area (Å²) < 4.78 is 1.61. The van der Waals surface area contributed by atoms with Crippen LogP contribution in [0.25, 0.3) is 22.5 Å². The van der Waals surface area contributed by atoms with E-state index in [2.05, 4.69) is 21.0 Å². The van der Waals surface area contributed by atoms with Crippen molar-refractivity contribution in [3.05, 3.63) is 70.0 Å². The van der Waals surface area contributed by atoms with Gasteiger partial charge in [-0.2, -0.15) is 0 Å². The van der Waals surface area contributed by atoms with Gasteiger partial charge in [-0.1, -0.05) is 65.7 Å². The topological polar surface area (TPSA) is 102 Å². The van der Waals surface area contributed by atoms with E-state index in [9.17, 15) is 4.79 Å². The molecule has 1 N–H and O–H groups in total. The number of carbonyl (C=O) groups excluding carboxylic acids is 1. The highest BCUT2D eigenvalue weighted by Gasteiger charge is 2.24. The Hall–Kier alpha value is -3.05. The van der Waals surface area contributed by atoms with Crippen LogP contribution in [0.3, 0.4) is 0 Å². The van der Waals surface area contributed by atoms with Gasteiger partial charge in [0, 0.05) is 34.3 Å². The zero-order chi connectivity index (χ0) is 25.8. The maximum absolute atomic E-state index is 13.6. The monoisotopic (exact) mass is 554 g/mol. The number of piperidine rings is 1. The van der Waals surface area contributed by atoms with Gasteiger partial charge in [-0.05, 0) is 53.8 Å². The van der Waals surface area contributed by atoms with Gasteiger partial charge >= 0.3 is 0 Å². The van der Waals surface area contributed by atoms with Gasteiger partial charge < -0.3 is 0 Å². The van der Waals surface area contributed by atoms with E-state index in [1.807, 2.05) is 35.5 Å². The minimum absolute atomic E-state index is 0.181. The van der Waals surface area contributed by atoms with Crippen molar-refractivity contribution in [1.82, 2.24) is 40.6 Å². The summed E-state index contributed by atoms with van der Waals surface area (Å²) in [6, 6.07) is 14.7. The first kappa shape index (κ1) is 25.6. The van der Waals surface area contributed by atoms with Crippen molar-refractivity contribution in [3.8, 4) is 22.5 Å². The first-order valence-electron chi connectivity index (χ1n) is 11.8. The molecule has 1 amide bonds. The molecule has 9 nitrogen and oxygen atoms in total. The van der Waals surface area contributed by atoms with Gasteiger partial charge in [-0.15, -0.1) is 5.10 Å². The van der Waals surface area contributed by atoms with Gasteiger partial charge in [0.05, 0.1) is 23.6 Å². The highest BCUT2D eigenvalue weighted by molar-refractivity contribution is 7.98. The van der Waals surface area contributed by atoms with Crippen LogP contribution in [-0.4, -0.2) is 60.4 Å². The summed E-state index contributed by atoms with van der Waals surface area (Å²) in [4.78, 5) is 23.5. The minimum Gasteiger partial charge on any atom is -0.283 e. The number of hydrogen-bond donors (Lipinski definition) is 1. The summed E-state index contributed by atoms with van der Waals surface area (Å²) in [5.74, 6) is -0.318. The maximum atomic E-state index is 13.6. The normalized spacial score (nSPS) is 14.0. The lowest BCUT2D eigenvalue weighted by atomic mass is 10.0. The largest absolute Gasteiger partial charge is 0.286 e.